The van der Waals surface area contributed by atoms with Crippen LogP contribution in [0.3, 0.4) is 0 Å². The lowest BCUT2D eigenvalue weighted by atomic mass is 9.97. The molecule has 0 saturated heterocycles. The van der Waals surface area contributed by atoms with Crippen LogP contribution in [-0.2, 0) is 17.8 Å². The number of aliphatic hydroxyl groups is 1. The first-order valence-electron chi connectivity index (χ1n) is 8.15. The number of amides is 1. The van der Waals surface area contributed by atoms with E-state index in [1.54, 1.807) is 24.3 Å². The van der Waals surface area contributed by atoms with Crippen LogP contribution in [0.15, 0.2) is 36.4 Å². The Balaban J connectivity index is 1.77. The number of carbonyl (C=O) groups excluding carboxylic acids is 1. The molecule has 0 saturated carbocycles. The Bertz CT molecular complexity index is 670. The molecule has 0 heterocycles. The molecule has 2 aromatic rings. The molecule has 0 fully saturated rings. The van der Waals surface area contributed by atoms with Gasteiger partial charge in [0.25, 0.3) is 5.91 Å². The van der Waals surface area contributed by atoms with E-state index in [1.807, 2.05) is 0 Å². The lowest BCUT2D eigenvalue weighted by molar-refractivity contribution is -0.123. The predicted octanol–water partition coefficient (Wildman–Crippen LogP) is 2.84. The molecule has 24 heavy (non-hydrogen) atoms. The third-order valence-electron chi connectivity index (χ3n) is 4.01. The molecule has 1 amide bonds. The first-order chi connectivity index (χ1) is 11.5. The van der Waals surface area contributed by atoms with E-state index < -0.39 is 0 Å². The first-order valence-corrected chi connectivity index (χ1v) is 8.15. The van der Waals surface area contributed by atoms with Crippen LogP contribution >= 0.6 is 0 Å². The van der Waals surface area contributed by atoms with Gasteiger partial charge < -0.3 is 15.2 Å². The minimum Gasteiger partial charge on any atom is -0.484 e. The van der Waals surface area contributed by atoms with Crippen LogP contribution in [0, 0.1) is 20.8 Å². The van der Waals surface area contributed by atoms with Gasteiger partial charge in [-0.1, -0.05) is 29.8 Å². The summed E-state index contributed by atoms with van der Waals surface area (Å²) in [6, 6.07) is 11.4. The third kappa shape index (κ3) is 5.10. The standard InChI is InChI=1S/C20H25NO3/c1-14-10-15(2)19(16(3)11-14)8-9-21-20(23)13-24-18-6-4-17(12-22)5-7-18/h4-7,10-11,22H,8-9,12-13H2,1-3H3,(H,21,23). The fourth-order valence-corrected chi connectivity index (χ4v) is 2.82. The fraction of sp³-hybridized carbons (Fsp3) is 0.350. The maximum atomic E-state index is 11.9. The molecule has 0 unspecified atom stereocenters. The minimum atomic E-state index is -0.136. The molecular weight excluding hydrogens is 302 g/mol. The number of aliphatic hydroxyl groups excluding tert-OH is 1. The Labute approximate surface area is 143 Å². The highest BCUT2D eigenvalue weighted by Gasteiger charge is 2.06. The highest BCUT2D eigenvalue weighted by molar-refractivity contribution is 5.77. The van der Waals surface area contributed by atoms with E-state index in [1.165, 1.54) is 22.3 Å². The molecule has 0 aliphatic heterocycles. The molecule has 0 radical (unpaired) electrons. The van der Waals surface area contributed by atoms with Crippen molar-refractivity contribution in [3.63, 3.8) is 0 Å². The third-order valence-corrected chi connectivity index (χ3v) is 4.01. The fourth-order valence-electron chi connectivity index (χ4n) is 2.82. The van der Waals surface area contributed by atoms with E-state index >= 15 is 0 Å². The van der Waals surface area contributed by atoms with Crippen molar-refractivity contribution in [3.05, 3.63) is 64.2 Å². The molecular formula is C20H25NO3. The molecule has 2 aromatic carbocycles. The van der Waals surface area contributed by atoms with Crippen LogP contribution in [-0.4, -0.2) is 24.2 Å². The predicted molar refractivity (Wildman–Crippen MR) is 95.2 cm³/mol. The Kier molecular flexibility index (Phi) is 6.38. The lowest BCUT2D eigenvalue weighted by Crippen LogP contribution is -2.30. The highest BCUT2D eigenvalue weighted by Crippen LogP contribution is 2.16. The minimum absolute atomic E-state index is 0.00138. The van der Waals surface area contributed by atoms with Crippen LogP contribution in [0.5, 0.6) is 5.75 Å². The monoisotopic (exact) mass is 327 g/mol. The van der Waals surface area contributed by atoms with Gasteiger partial charge in [0.05, 0.1) is 6.61 Å². The van der Waals surface area contributed by atoms with E-state index in [0.717, 1.165) is 12.0 Å². The number of nitrogens with one attached hydrogen (secondary N) is 1. The summed E-state index contributed by atoms with van der Waals surface area (Å²) in [5, 5.41) is 11.9. The average Bonchev–Trinajstić information content (AvgIpc) is 2.55. The lowest BCUT2D eigenvalue weighted by Gasteiger charge is -2.12. The van der Waals surface area contributed by atoms with E-state index in [9.17, 15) is 4.79 Å². The summed E-state index contributed by atoms with van der Waals surface area (Å²) in [6.45, 7) is 6.89. The second-order valence-electron chi connectivity index (χ2n) is 6.07. The van der Waals surface area contributed by atoms with Crippen molar-refractivity contribution in [2.45, 2.75) is 33.8 Å². The average molecular weight is 327 g/mol. The van der Waals surface area contributed by atoms with Gasteiger partial charge in [-0.25, -0.2) is 0 Å². The van der Waals surface area contributed by atoms with Gasteiger partial charge in [-0.15, -0.1) is 0 Å². The molecule has 0 aromatic heterocycles. The Morgan fingerprint density at radius 3 is 2.29 bits per heavy atom. The number of carbonyl (C=O) groups is 1. The molecule has 4 nitrogen and oxygen atoms in total. The number of hydrogen-bond acceptors (Lipinski definition) is 3. The molecule has 0 aliphatic carbocycles. The van der Waals surface area contributed by atoms with Crippen molar-refractivity contribution in [2.24, 2.45) is 0 Å². The summed E-state index contributed by atoms with van der Waals surface area (Å²) >= 11 is 0. The van der Waals surface area contributed by atoms with Crippen LogP contribution in [0.1, 0.15) is 27.8 Å². The van der Waals surface area contributed by atoms with Gasteiger partial charge in [0.2, 0.25) is 0 Å². The van der Waals surface area contributed by atoms with Crippen molar-refractivity contribution in [1.82, 2.24) is 5.32 Å². The summed E-state index contributed by atoms with van der Waals surface area (Å²) in [6.07, 6.45) is 0.814. The van der Waals surface area contributed by atoms with Crippen molar-refractivity contribution < 1.29 is 14.6 Å². The first kappa shape index (κ1) is 18.0. The van der Waals surface area contributed by atoms with Gasteiger partial charge in [0.1, 0.15) is 5.75 Å². The zero-order valence-corrected chi connectivity index (χ0v) is 14.6. The molecule has 2 N–H and O–H groups in total. The topological polar surface area (TPSA) is 58.6 Å². The van der Waals surface area contributed by atoms with E-state index in [2.05, 4.69) is 38.2 Å². The molecule has 4 heteroatoms. The number of rotatable bonds is 7. The van der Waals surface area contributed by atoms with Crippen molar-refractivity contribution in [3.8, 4) is 5.75 Å². The summed E-state index contributed by atoms with van der Waals surface area (Å²) in [7, 11) is 0. The Morgan fingerprint density at radius 1 is 1.08 bits per heavy atom. The number of benzene rings is 2. The zero-order valence-electron chi connectivity index (χ0n) is 14.6. The van der Waals surface area contributed by atoms with Crippen LogP contribution in [0.25, 0.3) is 0 Å². The number of hydrogen-bond donors (Lipinski definition) is 2. The van der Waals surface area contributed by atoms with Crippen LogP contribution in [0.4, 0.5) is 0 Å². The largest absolute Gasteiger partial charge is 0.484 e. The molecule has 0 bridgehead atoms. The Morgan fingerprint density at radius 2 is 1.71 bits per heavy atom. The van der Waals surface area contributed by atoms with Crippen molar-refractivity contribution in [1.29, 1.82) is 0 Å². The van der Waals surface area contributed by atoms with Gasteiger partial charge in [0, 0.05) is 6.54 Å². The zero-order chi connectivity index (χ0) is 17.5. The number of ether oxygens (including phenoxy) is 1. The van der Waals surface area contributed by atoms with Gasteiger partial charge >= 0.3 is 0 Å². The van der Waals surface area contributed by atoms with E-state index in [4.69, 9.17) is 9.84 Å². The molecule has 0 atom stereocenters. The van der Waals surface area contributed by atoms with Crippen LogP contribution < -0.4 is 10.1 Å². The van der Waals surface area contributed by atoms with Gasteiger partial charge in [-0.05, 0) is 61.6 Å². The van der Waals surface area contributed by atoms with Gasteiger partial charge in [-0.2, -0.15) is 0 Å². The highest BCUT2D eigenvalue weighted by atomic mass is 16.5. The molecule has 128 valence electrons. The van der Waals surface area contributed by atoms with Gasteiger partial charge in [0.15, 0.2) is 6.61 Å². The van der Waals surface area contributed by atoms with Crippen LogP contribution in [0.2, 0.25) is 0 Å². The summed E-state index contributed by atoms with van der Waals surface area (Å²) in [5.74, 6) is 0.483. The Hall–Kier alpha value is -2.33. The maximum absolute atomic E-state index is 11.9. The molecule has 2 rings (SSSR count). The molecule has 0 spiro atoms. The number of aryl methyl sites for hydroxylation is 3. The summed E-state index contributed by atoms with van der Waals surface area (Å²) < 4.78 is 5.44. The maximum Gasteiger partial charge on any atom is 0.257 e. The smallest absolute Gasteiger partial charge is 0.257 e. The second-order valence-corrected chi connectivity index (χ2v) is 6.07. The van der Waals surface area contributed by atoms with E-state index in [0.29, 0.717) is 12.3 Å². The van der Waals surface area contributed by atoms with Crippen molar-refractivity contribution >= 4 is 5.91 Å². The molecule has 0 aliphatic rings. The normalized spacial score (nSPS) is 10.5. The second kappa shape index (κ2) is 8.50. The van der Waals surface area contributed by atoms with E-state index in [-0.39, 0.29) is 19.1 Å². The quantitative estimate of drug-likeness (QED) is 0.822. The summed E-state index contributed by atoms with van der Waals surface area (Å²) in [5.41, 5.74) is 5.90. The SMILES string of the molecule is Cc1cc(C)c(CCNC(=O)COc2ccc(CO)cc2)c(C)c1. The summed E-state index contributed by atoms with van der Waals surface area (Å²) in [4.78, 5) is 11.9. The van der Waals surface area contributed by atoms with Gasteiger partial charge in [-0.3, -0.25) is 4.79 Å². The van der Waals surface area contributed by atoms with Crippen molar-refractivity contribution in [2.75, 3.05) is 13.2 Å².